The van der Waals surface area contributed by atoms with Crippen molar-refractivity contribution >= 4 is 17.6 Å². The highest BCUT2D eigenvalue weighted by Crippen LogP contribution is 2.14. The number of amides is 2. The van der Waals surface area contributed by atoms with Crippen molar-refractivity contribution in [2.75, 3.05) is 6.54 Å². The van der Waals surface area contributed by atoms with Crippen LogP contribution in [0.4, 0.5) is 4.79 Å². The molecule has 6 heteroatoms. The maximum absolute atomic E-state index is 11.8. The van der Waals surface area contributed by atoms with E-state index in [1.165, 1.54) is 0 Å². The molecule has 1 aromatic carbocycles. The van der Waals surface area contributed by atoms with Gasteiger partial charge in [-0.2, -0.15) is 0 Å². The maximum Gasteiger partial charge on any atom is 0.315 e. The van der Waals surface area contributed by atoms with Gasteiger partial charge in [0.2, 0.25) is 0 Å². The Morgan fingerprint density at radius 1 is 1.38 bits per heavy atom. The smallest absolute Gasteiger partial charge is 0.315 e. The molecule has 1 aromatic heterocycles. The molecule has 0 aliphatic heterocycles. The second-order valence-corrected chi connectivity index (χ2v) is 5.43. The van der Waals surface area contributed by atoms with Crippen molar-refractivity contribution in [2.24, 2.45) is 5.92 Å². The van der Waals surface area contributed by atoms with Crippen LogP contribution < -0.4 is 10.6 Å². The summed E-state index contributed by atoms with van der Waals surface area (Å²) in [6, 6.07) is 7.28. The lowest BCUT2D eigenvalue weighted by Gasteiger charge is -2.14. The first-order chi connectivity index (χ1) is 10.1. The molecule has 112 valence electrons. The lowest BCUT2D eigenvalue weighted by molar-refractivity contribution is 0.238. The second kappa shape index (κ2) is 7.69. The summed E-state index contributed by atoms with van der Waals surface area (Å²) >= 11 is 6.03. The Morgan fingerprint density at radius 2 is 2.19 bits per heavy atom. The quantitative estimate of drug-likeness (QED) is 0.862. The largest absolute Gasteiger partial charge is 0.338 e. The minimum Gasteiger partial charge on any atom is -0.338 e. The lowest BCUT2D eigenvalue weighted by atomic mass is 10.2. The zero-order chi connectivity index (χ0) is 15.1. The number of benzene rings is 1. The van der Waals surface area contributed by atoms with Gasteiger partial charge in [-0.3, -0.25) is 0 Å². The van der Waals surface area contributed by atoms with Gasteiger partial charge in [-0.25, -0.2) is 9.78 Å². The zero-order valence-corrected chi connectivity index (χ0v) is 12.7. The lowest BCUT2D eigenvalue weighted by Crippen LogP contribution is -2.38. The fraction of sp³-hybridized carbons (Fsp3) is 0.333. The number of hydrogen-bond acceptors (Lipinski definition) is 2. The summed E-state index contributed by atoms with van der Waals surface area (Å²) in [5.41, 5.74) is 0.904. The molecule has 5 nitrogen and oxygen atoms in total. The average molecular weight is 307 g/mol. The number of hydrogen-bond donors (Lipinski definition) is 2. The van der Waals surface area contributed by atoms with Crippen molar-refractivity contribution in [1.29, 1.82) is 0 Å². The van der Waals surface area contributed by atoms with E-state index >= 15 is 0 Å². The third-order valence-electron chi connectivity index (χ3n) is 3.09. The number of urea groups is 1. The van der Waals surface area contributed by atoms with Gasteiger partial charge >= 0.3 is 6.03 Å². The molecule has 0 aliphatic carbocycles. The number of rotatable bonds is 6. The van der Waals surface area contributed by atoms with Gasteiger partial charge in [-0.05, 0) is 17.5 Å². The molecule has 1 atom stereocenters. The molecular weight excluding hydrogens is 288 g/mol. The van der Waals surface area contributed by atoms with Crippen molar-refractivity contribution in [1.82, 2.24) is 20.2 Å². The summed E-state index contributed by atoms with van der Waals surface area (Å²) in [6.07, 6.45) is 5.43. The van der Waals surface area contributed by atoms with Gasteiger partial charge in [0.15, 0.2) is 0 Å². The Balaban J connectivity index is 1.69. The highest BCUT2D eigenvalue weighted by atomic mass is 35.5. The molecule has 1 heterocycles. The molecule has 0 fully saturated rings. The molecule has 2 aromatic rings. The minimum atomic E-state index is -0.188. The Kier molecular flexibility index (Phi) is 5.63. The summed E-state index contributed by atoms with van der Waals surface area (Å²) in [7, 11) is 0. The van der Waals surface area contributed by atoms with Gasteiger partial charge in [-0.1, -0.05) is 36.7 Å². The molecule has 21 heavy (non-hydrogen) atoms. The molecule has 0 bridgehead atoms. The van der Waals surface area contributed by atoms with Gasteiger partial charge in [0.25, 0.3) is 0 Å². The molecule has 2 amide bonds. The number of aromatic nitrogens is 2. The molecule has 0 saturated heterocycles. The molecule has 0 radical (unpaired) electrons. The fourth-order valence-electron chi connectivity index (χ4n) is 1.97. The normalized spacial score (nSPS) is 11.9. The van der Waals surface area contributed by atoms with Crippen LogP contribution in [-0.2, 0) is 13.1 Å². The highest BCUT2D eigenvalue weighted by molar-refractivity contribution is 6.31. The Bertz CT molecular complexity index is 571. The van der Waals surface area contributed by atoms with Gasteiger partial charge in [0.1, 0.15) is 0 Å². The van der Waals surface area contributed by atoms with Crippen LogP contribution >= 0.6 is 11.6 Å². The van der Waals surface area contributed by atoms with Gasteiger partial charge in [-0.15, -0.1) is 0 Å². The average Bonchev–Trinajstić information content (AvgIpc) is 2.97. The van der Waals surface area contributed by atoms with Crippen molar-refractivity contribution in [3.05, 3.63) is 53.6 Å². The van der Waals surface area contributed by atoms with E-state index in [0.29, 0.717) is 24.0 Å². The topological polar surface area (TPSA) is 59.0 Å². The molecule has 0 saturated carbocycles. The van der Waals surface area contributed by atoms with Crippen LogP contribution in [0.25, 0.3) is 0 Å². The Morgan fingerprint density at radius 3 is 2.90 bits per heavy atom. The van der Waals surface area contributed by atoms with E-state index in [1.807, 2.05) is 35.0 Å². The SMILES string of the molecule is C[C@@H](CNC(=O)NCc1ccccc1Cl)Cn1ccnc1. The number of nitrogens with one attached hydrogen (secondary N) is 2. The summed E-state index contributed by atoms with van der Waals surface area (Å²) < 4.78 is 1.99. The van der Waals surface area contributed by atoms with Crippen LogP contribution in [0.1, 0.15) is 12.5 Å². The van der Waals surface area contributed by atoms with Crippen LogP contribution in [0.3, 0.4) is 0 Å². The Labute approximate surface area is 129 Å². The predicted molar refractivity (Wildman–Crippen MR) is 83.1 cm³/mol. The number of halogens is 1. The van der Waals surface area contributed by atoms with Crippen LogP contribution in [-0.4, -0.2) is 22.1 Å². The monoisotopic (exact) mass is 306 g/mol. The van der Waals surface area contributed by atoms with Crippen LogP contribution in [0, 0.1) is 5.92 Å². The number of nitrogens with zero attached hydrogens (tertiary/aromatic N) is 2. The van der Waals surface area contributed by atoms with E-state index in [1.54, 1.807) is 12.5 Å². The van der Waals surface area contributed by atoms with E-state index < -0.39 is 0 Å². The second-order valence-electron chi connectivity index (χ2n) is 5.02. The molecule has 0 spiro atoms. The third kappa shape index (κ3) is 5.11. The highest BCUT2D eigenvalue weighted by Gasteiger charge is 2.06. The Hall–Kier alpha value is -2.01. The van der Waals surface area contributed by atoms with E-state index in [9.17, 15) is 4.79 Å². The van der Waals surface area contributed by atoms with Crippen LogP contribution in [0.2, 0.25) is 5.02 Å². The van der Waals surface area contributed by atoms with E-state index in [2.05, 4.69) is 22.5 Å². The zero-order valence-electron chi connectivity index (χ0n) is 11.9. The van der Waals surface area contributed by atoms with Crippen LogP contribution in [0.15, 0.2) is 43.0 Å². The molecule has 0 aliphatic rings. The first-order valence-electron chi connectivity index (χ1n) is 6.86. The molecule has 2 rings (SSSR count). The van der Waals surface area contributed by atoms with Crippen molar-refractivity contribution in [3.63, 3.8) is 0 Å². The number of imidazole rings is 1. The van der Waals surface area contributed by atoms with Crippen LogP contribution in [0.5, 0.6) is 0 Å². The summed E-state index contributed by atoms with van der Waals surface area (Å²) in [5, 5.41) is 6.32. The van der Waals surface area contributed by atoms with Crippen molar-refractivity contribution < 1.29 is 4.79 Å². The summed E-state index contributed by atoms with van der Waals surface area (Å²) in [6.45, 7) is 3.92. The standard InChI is InChI=1S/C15H19ClN4O/c1-12(10-20-7-6-17-11-20)8-18-15(21)19-9-13-4-2-3-5-14(13)16/h2-7,11-12H,8-10H2,1H3,(H2,18,19,21)/t12-/m0/s1. The molecule has 0 unspecified atom stereocenters. The fourth-order valence-corrected chi connectivity index (χ4v) is 2.17. The van der Waals surface area contributed by atoms with E-state index in [0.717, 1.165) is 12.1 Å². The first-order valence-corrected chi connectivity index (χ1v) is 7.24. The van der Waals surface area contributed by atoms with Crippen molar-refractivity contribution in [3.8, 4) is 0 Å². The van der Waals surface area contributed by atoms with E-state index in [4.69, 9.17) is 11.6 Å². The van der Waals surface area contributed by atoms with E-state index in [-0.39, 0.29) is 6.03 Å². The predicted octanol–water partition coefficient (Wildman–Crippen LogP) is 2.67. The van der Waals surface area contributed by atoms with Gasteiger partial charge in [0, 0.05) is 37.1 Å². The van der Waals surface area contributed by atoms with Gasteiger partial charge < -0.3 is 15.2 Å². The summed E-state index contributed by atoms with van der Waals surface area (Å²) in [5.74, 6) is 0.324. The molecular formula is C15H19ClN4O. The summed E-state index contributed by atoms with van der Waals surface area (Å²) in [4.78, 5) is 15.7. The third-order valence-corrected chi connectivity index (χ3v) is 3.46. The number of carbonyl (C=O) groups is 1. The molecule has 2 N–H and O–H groups in total. The first kappa shape index (κ1) is 15.4. The number of carbonyl (C=O) groups excluding carboxylic acids is 1. The minimum absolute atomic E-state index is 0.188. The van der Waals surface area contributed by atoms with Crippen molar-refractivity contribution in [2.45, 2.75) is 20.0 Å². The van der Waals surface area contributed by atoms with Gasteiger partial charge in [0.05, 0.1) is 6.33 Å². The maximum atomic E-state index is 11.8.